The van der Waals surface area contributed by atoms with E-state index in [0.29, 0.717) is 46.4 Å². The third-order valence-corrected chi connectivity index (χ3v) is 6.24. The Morgan fingerprint density at radius 1 is 0.897 bits per heavy atom. The molecule has 0 aliphatic carbocycles. The Labute approximate surface area is 227 Å². The number of hydrogen-bond acceptors (Lipinski definition) is 7. The first-order valence-electron chi connectivity index (χ1n) is 12.7. The summed E-state index contributed by atoms with van der Waals surface area (Å²) in [6, 6.07) is 19.0. The first-order valence-corrected chi connectivity index (χ1v) is 12.7. The van der Waals surface area contributed by atoms with Gasteiger partial charge in [-0.2, -0.15) is 0 Å². The molecule has 3 aromatic carbocycles. The lowest BCUT2D eigenvalue weighted by Crippen LogP contribution is -2.29. The number of rotatable bonds is 9. The van der Waals surface area contributed by atoms with Crippen molar-refractivity contribution in [3.63, 3.8) is 0 Å². The van der Waals surface area contributed by atoms with Crippen LogP contribution >= 0.6 is 0 Å². The zero-order valence-electron chi connectivity index (χ0n) is 22.3. The van der Waals surface area contributed by atoms with Gasteiger partial charge in [-0.25, -0.2) is 4.79 Å². The molecule has 1 atom stereocenters. The molecule has 1 fully saturated rings. The van der Waals surface area contributed by atoms with Gasteiger partial charge in [0.25, 0.3) is 11.7 Å². The fourth-order valence-corrected chi connectivity index (χ4v) is 4.30. The number of ketones is 1. The van der Waals surface area contributed by atoms with Crippen LogP contribution in [0.5, 0.6) is 11.5 Å². The maximum absolute atomic E-state index is 13.4. The minimum Gasteiger partial charge on any atom is -0.507 e. The number of Topliss-reactive ketones (excluding diaryl/α,β-unsaturated/α-hetero) is 1. The third kappa shape index (κ3) is 5.80. The van der Waals surface area contributed by atoms with E-state index in [1.165, 1.54) is 17.0 Å². The van der Waals surface area contributed by atoms with Crippen LogP contribution in [-0.4, -0.2) is 43.1 Å². The van der Waals surface area contributed by atoms with Crippen molar-refractivity contribution in [1.82, 2.24) is 0 Å². The second-order valence-electron chi connectivity index (χ2n) is 9.44. The highest BCUT2D eigenvalue weighted by Crippen LogP contribution is 2.42. The molecule has 0 bridgehead atoms. The van der Waals surface area contributed by atoms with Gasteiger partial charge in [0.1, 0.15) is 17.3 Å². The normalized spacial score (nSPS) is 16.4. The molecule has 8 nitrogen and oxygen atoms in total. The van der Waals surface area contributed by atoms with E-state index in [2.05, 4.69) is 0 Å². The summed E-state index contributed by atoms with van der Waals surface area (Å²) in [6.45, 7) is 6.58. The number of anilines is 1. The summed E-state index contributed by atoms with van der Waals surface area (Å²) in [4.78, 5) is 40.2. The summed E-state index contributed by atoms with van der Waals surface area (Å²) < 4.78 is 16.0. The lowest BCUT2D eigenvalue weighted by atomic mass is 9.95. The molecule has 8 heteroatoms. The van der Waals surface area contributed by atoms with E-state index < -0.39 is 23.7 Å². The van der Waals surface area contributed by atoms with Gasteiger partial charge in [0.15, 0.2) is 0 Å². The van der Waals surface area contributed by atoms with Crippen LogP contribution in [0.3, 0.4) is 0 Å². The predicted molar refractivity (Wildman–Crippen MR) is 147 cm³/mol. The standard InChI is InChI=1S/C31H31NO7/c1-5-38-31(36)22-6-12-23(13-7-22)32-27(20-8-14-24(37-4)15-9-20)26(29(34)30(32)35)28(33)21-10-16-25(17-11-21)39-18-19(2)3/h6-17,19,27,33H,5,18H2,1-4H3/b28-26+. The van der Waals surface area contributed by atoms with Crippen molar-refractivity contribution < 1.29 is 33.7 Å². The van der Waals surface area contributed by atoms with Crippen molar-refractivity contribution >= 4 is 29.1 Å². The van der Waals surface area contributed by atoms with Gasteiger partial charge >= 0.3 is 5.97 Å². The molecule has 1 aliphatic heterocycles. The van der Waals surface area contributed by atoms with E-state index in [9.17, 15) is 19.5 Å². The highest BCUT2D eigenvalue weighted by molar-refractivity contribution is 6.51. The van der Waals surface area contributed by atoms with E-state index in [-0.39, 0.29) is 17.9 Å². The number of methoxy groups -OCH3 is 1. The van der Waals surface area contributed by atoms with Crippen molar-refractivity contribution in [2.24, 2.45) is 5.92 Å². The van der Waals surface area contributed by atoms with Gasteiger partial charge in [-0.05, 0) is 79.1 Å². The first-order chi connectivity index (χ1) is 18.7. The summed E-state index contributed by atoms with van der Waals surface area (Å²) in [5, 5.41) is 11.3. The highest BCUT2D eigenvalue weighted by Gasteiger charge is 2.47. The number of benzene rings is 3. The van der Waals surface area contributed by atoms with Gasteiger partial charge in [-0.3, -0.25) is 14.5 Å². The van der Waals surface area contributed by atoms with Crippen molar-refractivity contribution in [2.75, 3.05) is 25.2 Å². The van der Waals surface area contributed by atoms with E-state index in [1.54, 1.807) is 74.7 Å². The molecular weight excluding hydrogens is 498 g/mol. The third-order valence-electron chi connectivity index (χ3n) is 6.24. The number of esters is 1. The maximum atomic E-state index is 13.4. The lowest BCUT2D eigenvalue weighted by Gasteiger charge is -2.25. The molecule has 3 aromatic rings. The summed E-state index contributed by atoms with van der Waals surface area (Å²) in [7, 11) is 1.54. The zero-order valence-corrected chi connectivity index (χ0v) is 22.3. The van der Waals surface area contributed by atoms with Crippen LogP contribution in [0.2, 0.25) is 0 Å². The average molecular weight is 530 g/mol. The van der Waals surface area contributed by atoms with E-state index in [4.69, 9.17) is 14.2 Å². The number of hydrogen-bond donors (Lipinski definition) is 1. The van der Waals surface area contributed by atoms with Crippen molar-refractivity contribution in [1.29, 1.82) is 0 Å². The second-order valence-corrected chi connectivity index (χ2v) is 9.44. The van der Waals surface area contributed by atoms with Crippen LogP contribution in [0.1, 0.15) is 48.3 Å². The number of amides is 1. The first kappa shape index (κ1) is 27.4. The highest BCUT2D eigenvalue weighted by atomic mass is 16.5. The van der Waals surface area contributed by atoms with Crippen LogP contribution in [0.25, 0.3) is 5.76 Å². The summed E-state index contributed by atoms with van der Waals surface area (Å²) >= 11 is 0. The monoisotopic (exact) mass is 529 g/mol. The number of aliphatic hydroxyl groups is 1. The van der Waals surface area contributed by atoms with Crippen LogP contribution in [0, 0.1) is 5.92 Å². The molecule has 1 heterocycles. The van der Waals surface area contributed by atoms with Crippen molar-refractivity contribution in [2.45, 2.75) is 26.8 Å². The molecule has 0 saturated carbocycles. The Balaban J connectivity index is 1.78. The van der Waals surface area contributed by atoms with E-state index >= 15 is 0 Å². The fourth-order valence-electron chi connectivity index (χ4n) is 4.30. The van der Waals surface area contributed by atoms with Gasteiger partial charge in [-0.1, -0.05) is 26.0 Å². The lowest BCUT2D eigenvalue weighted by molar-refractivity contribution is -0.132. The van der Waals surface area contributed by atoms with Crippen LogP contribution in [0.15, 0.2) is 78.4 Å². The summed E-state index contributed by atoms with van der Waals surface area (Å²) in [5.41, 5.74) is 1.64. The summed E-state index contributed by atoms with van der Waals surface area (Å²) in [5.74, 6) is -0.805. The smallest absolute Gasteiger partial charge is 0.338 e. The number of nitrogens with zero attached hydrogens (tertiary/aromatic N) is 1. The molecule has 39 heavy (non-hydrogen) atoms. The molecule has 1 N–H and O–H groups in total. The number of ether oxygens (including phenoxy) is 3. The minimum absolute atomic E-state index is 0.0458. The Morgan fingerprint density at radius 3 is 2.05 bits per heavy atom. The molecule has 0 spiro atoms. The molecule has 1 unspecified atom stereocenters. The summed E-state index contributed by atoms with van der Waals surface area (Å²) in [6.07, 6.45) is 0. The molecular formula is C31H31NO7. The van der Waals surface area contributed by atoms with E-state index in [0.717, 1.165) is 0 Å². The molecule has 1 aliphatic rings. The van der Waals surface area contributed by atoms with Gasteiger partial charge in [0, 0.05) is 11.3 Å². The van der Waals surface area contributed by atoms with Crippen molar-refractivity contribution in [3.8, 4) is 11.5 Å². The molecule has 0 aromatic heterocycles. The van der Waals surface area contributed by atoms with Crippen molar-refractivity contribution in [3.05, 3.63) is 95.1 Å². The Bertz CT molecular complexity index is 1370. The number of carbonyl (C=O) groups excluding carboxylic acids is 3. The average Bonchev–Trinajstić information content (AvgIpc) is 3.22. The van der Waals surface area contributed by atoms with E-state index in [1.807, 2.05) is 13.8 Å². The van der Waals surface area contributed by atoms with Gasteiger partial charge in [0.2, 0.25) is 0 Å². The van der Waals surface area contributed by atoms with Crippen LogP contribution in [-0.2, 0) is 14.3 Å². The molecule has 202 valence electrons. The molecule has 1 amide bonds. The van der Waals surface area contributed by atoms with Crippen LogP contribution in [0.4, 0.5) is 5.69 Å². The van der Waals surface area contributed by atoms with Gasteiger partial charge in [0.05, 0.1) is 37.5 Å². The molecule has 0 radical (unpaired) electrons. The Kier molecular flexibility index (Phi) is 8.34. The SMILES string of the molecule is CCOC(=O)c1ccc(N2C(=O)C(=O)/C(=C(/O)c3ccc(OCC(C)C)cc3)C2c2ccc(OC)cc2)cc1. The second kappa shape index (κ2) is 11.9. The Hall–Kier alpha value is -4.59. The topological polar surface area (TPSA) is 102 Å². The van der Waals surface area contributed by atoms with Gasteiger partial charge < -0.3 is 19.3 Å². The van der Waals surface area contributed by atoms with Crippen LogP contribution < -0.4 is 14.4 Å². The zero-order chi connectivity index (χ0) is 28.1. The molecule has 4 rings (SSSR count). The number of carbonyl (C=O) groups is 3. The fraction of sp³-hybridized carbons (Fsp3) is 0.258. The minimum atomic E-state index is -0.916. The van der Waals surface area contributed by atoms with Gasteiger partial charge in [-0.15, -0.1) is 0 Å². The predicted octanol–water partition coefficient (Wildman–Crippen LogP) is 5.53. The number of aliphatic hydroxyl groups excluding tert-OH is 1. The largest absolute Gasteiger partial charge is 0.507 e. The Morgan fingerprint density at radius 2 is 1.49 bits per heavy atom. The quantitative estimate of drug-likeness (QED) is 0.168. The molecule has 1 saturated heterocycles. The maximum Gasteiger partial charge on any atom is 0.338 e.